The lowest BCUT2D eigenvalue weighted by Gasteiger charge is -2.28. The zero-order valence-corrected chi connectivity index (χ0v) is 55.6. The van der Waals surface area contributed by atoms with Crippen molar-refractivity contribution in [1.29, 1.82) is 0 Å². The first-order chi connectivity index (χ1) is 45.3. The first-order valence-electron chi connectivity index (χ1n) is 25.9. The number of H-pyrrole nitrogens is 4. The van der Waals surface area contributed by atoms with Crippen molar-refractivity contribution in [3.8, 4) is 23.0 Å². The maximum absolute atomic E-state index is 12.4. The number of nitrogens with zero attached hydrogens (tertiary/aromatic N) is 4. The Morgan fingerprint density at radius 1 is 0.465 bits per heavy atom. The van der Waals surface area contributed by atoms with Gasteiger partial charge in [0, 0.05) is 0 Å². The predicted octanol–water partition coefficient (Wildman–Crippen LogP) is -8.12. The molecule has 0 aromatic carbocycles. The van der Waals surface area contributed by atoms with E-state index in [0.29, 0.717) is 26.1 Å². The molecule has 0 radical (unpaired) electrons. The van der Waals surface area contributed by atoms with Crippen LogP contribution in [0.15, 0.2) is 63.1 Å². The molecule has 5 fully saturated rings. The molecule has 9 heterocycles. The monoisotopic (exact) mass is 1620 g/mol. The van der Waals surface area contributed by atoms with Gasteiger partial charge in [-0.1, -0.05) is 0 Å². The normalized spacial score (nSPS) is 33.4. The molecule has 5 saturated heterocycles. The van der Waals surface area contributed by atoms with Gasteiger partial charge in [-0.2, -0.15) is 8.62 Å². The summed E-state index contributed by atoms with van der Waals surface area (Å²) in [5.41, 5.74) is -8.35. The van der Waals surface area contributed by atoms with Gasteiger partial charge in [-0.25, -0.2) is 46.1 Å². The van der Waals surface area contributed by atoms with Crippen LogP contribution in [0.1, 0.15) is 24.9 Å². The summed E-state index contributed by atoms with van der Waals surface area (Å²) in [6, 6.07) is 0. The molecular formula is C37H53Cl2N8O45P7. The highest BCUT2D eigenvalue weighted by Crippen LogP contribution is 2.78. The number of rotatable bonds is 18. The number of hydrogen-bond donors (Lipinski definition) is 23. The lowest BCUT2D eigenvalue weighted by molar-refractivity contribution is -0.0552. The van der Waals surface area contributed by atoms with Gasteiger partial charge in [0.2, 0.25) is 0 Å². The average Bonchev–Trinajstić information content (AvgIpc) is 1.78. The van der Waals surface area contributed by atoms with E-state index in [9.17, 15) is 146 Å². The van der Waals surface area contributed by atoms with Crippen LogP contribution in [0.5, 0.6) is 23.0 Å². The van der Waals surface area contributed by atoms with Crippen molar-refractivity contribution in [2.75, 3.05) is 32.3 Å². The van der Waals surface area contributed by atoms with Gasteiger partial charge in [0.05, 0.1) is 51.2 Å². The average molecular weight is 1620 g/mol. The van der Waals surface area contributed by atoms with E-state index in [1.165, 1.54) is 0 Å². The number of hydrogen-bond acceptors (Lipinski definition) is 39. The highest BCUT2D eigenvalue weighted by atomic mass is 35.9. The first-order valence-corrected chi connectivity index (χ1v) is 38.8. The molecule has 5 aliphatic rings. The van der Waals surface area contributed by atoms with E-state index in [2.05, 4.69) is 26.3 Å². The quantitative estimate of drug-likeness (QED) is 0.0411. The maximum Gasteiger partial charge on any atom is 0.490 e. The number of halogens is 2. The minimum Gasteiger partial charge on any atom is -0.502 e. The second-order valence-electron chi connectivity index (χ2n) is 20.0. The second kappa shape index (κ2) is 32.0. The fourth-order valence-corrected chi connectivity index (χ4v) is 19.1. The molecule has 560 valence electrons. The van der Waals surface area contributed by atoms with Gasteiger partial charge in [0.25, 0.3) is 22.2 Å². The Balaban J connectivity index is 0.000000212. The number of nitrogens with one attached hydrogen (secondary N) is 4. The van der Waals surface area contributed by atoms with Crippen molar-refractivity contribution in [2.24, 2.45) is 0 Å². The number of ether oxygens (including phenoxy) is 4. The molecule has 9 rings (SSSR count). The fourth-order valence-electron chi connectivity index (χ4n) is 8.54. The van der Waals surface area contributed by atoms with Gasteiger partial charge in [-0.3, -0.25) is 75.6 Å². The van der Waals surface area contributed by atoms with E-state index in [4.69, 9.17) is 65.7 Å². The highest BCUT2D eigenvalue weighted by molar-refractivity contribution is 8.05. The summed E-state index contributed by atoms with van der Waals surface area (Å²) >= 11 is 10.4. The minimum absolute atomic E-state index is 0.495. The zero-order chi connectivity index (χ0) is 74.9. The van der Waals surface area contributed by atoms with Crippen LogP contribution in [0.25, 0.3) is 0 Å². The molecule has 23 N–H and O–H groups in total. The van der Waals surface area contributed by atoms with Gasteiger partial charge in [-0.15, -0.1) is 0 Å². The molecule has 0 aliphatic carbocycles. The van der Waals surface area contributed by atoms with Crippen LogP contribution in [-0.2, 0) is 81.7 Å². The fraction of sp³-hybridized carbons (Fsp3) is 0.568. The number of aliphatic hydroxyl groups is 9. The summed E-state index contributed by atoms with van der Waals surface area (Å²) in [4.78, 5) is 152. The van der Waals surface area contributed by atoms with Crippen molar-refractivity contribution in [2.45, 2.75) is 98.2 Å². The van der Waals surface area contributed by atoms with Gasteiger partial charge in [0.1, 0.15) is 73.2 Å². The molecule has 62 heteroatoms. The predicted molar refractivity (Wildman–Crippen MR) is 308 cm³/mol. The zero-order valence-electron chi connectivity index (χ0n) is 47.9. The molecule has 0 saturated carbocycles. The first kappa shape index (κ1) is 83.0. The molecule has 9 unspecified atom stereocenters. The van der Waals surface area contributed by atoms with Crippen LogP contribution in [0.3, 0.4) is 0 Å². The summed E-state index contributed by atoms with van der Waals surface area (Å²) in [7, 11) is -31.5. The Morgan fingerprint density at radius 2 is 0.768 bits per heavy atom. The number of aromatic hydroxyl groups is 4. The number of phosphoric acid groups is 4. The number of aromatic amines is 4. The van der Waals surface area contributed by atoms with Crippen LogP contribution in [-0.4, -0.2) is 240 Å². The summed E-state index contributed by atoms with van der Waals surface area (Å²) in [6.07, 6.45) is -25.7. The van der Waals surface area contributed by atoms with Crippen molar-refractivity contribution in [3.63, 3.8) is 0 Å². The third-order valence-electron chi connectivity index (χ3n) is 12.9. The summed E-state index contributed by atoms with van der Waals surface area (Å²) < 4.78 is 132. The van der Waals surface area contributed by atoms with Crippen LogP contribution >= 0.6 is 75.0 Å². The molecule has 21 atom stereocenters. The number of aliphatic hydroxyl groups excluding tert-OH is 9. The topological polar surface area (TPSA) is 825 Å². The second-order valence-corrected chi connectivity index (χ2v) is 34.8. The van der Waals surface area contributed by atoms with Gasteiger partial charge >= 0.3 is 75.3 Å². The van der Waals surface area contributed by atoms with Gasteiger partial charge < -0.3 is 124 Å². The van der Waals surface area contributed by atoms with E-state index in [1.807, 2.05) is 4.98 Å². The third kappa shape index (κ3) is 21.6. The molecular weight excluding hydrogens is 1560 g/mol. The molecule has 4 aromatic rings. The molecule has 53 nitrogen and oxygen atoms in total. The largest absolute Gasteiger partial charge is 0.502 e. The lowest BCUT2D eigenvalue weighted by Crippen LogP contribution is -2.37. The van der Waals surface area contributed by atoms with Crippen LogP contribution in [0, 0.1) is 0 Å². The molecule has 99 heavy (non-hydrogen) atoms. The standard InChI is InChI=1S/C10H15N2O14P3.C9H11Cl2N2O8P.C9H15N2O16P3.C9H12N2O7/c13-4-1-12(10(17)11-8(4)16)9-7(15)6(14)5(24-9)2-23-28(20)3-27(18,19)25-29(21,22)26-28;10-22(11,19)20-2-4-5(15)6(16)8(21-4)13-1-3(14)7(17)12-9(13)18;12-3-1-11(9(16)10-7(3)15)8-6(14)5(13)4(25-8)2-24-29(20,21)27-30(22,23)26-28(17,18)19;12-2-4-5(14)6(15)8(18-4)11-1-3(13)7(16)10-9(11)17/h1,5-7,9,13-15H,2-3H2,(H,18,19)(H,21,22)(H,11,16,17);1,4-6,8,14-16H,2H2,(H,12,17,18);1,4-6,8,12-14H,2H2,(H,20,21)(H,22,23)(H,10,15,16)(H2,17,18,19);1,4-6,8,12-15H,2H2,(H,10,16,17)/t5-,6?,7+,9-,28?;3*4-,5?,6+,8-/m1111/s1. The van der Waals surface area contributed by atoms with Crippen LogP contribution in [0.2, 0.25) is 0 Å². The third-order valence-corrected chi connectivity index (χ3v) is 24.7. The van der Waals surface area contributed by atoms with Crippen molar-refractivity contribution < 1.29 is 177 Å². The van der Waals surface area contributed by atoms with Crippen molar-refractivity contribution in [3.05, 3.63) is 108 Å². The van der Waals surface area contributed by atoms with Gasteiger partial charge in [-0.05, 0) is 22.5 Å². The van der Waals surface area contributed by atoms with Gasteiger partial charge in [0.15, 0.2) is 53.8 Å². The smallest absolute Gasteiger partial charge is 0.490 e. The Morgan fingerprint density at radius 3 is 1.06 bits per heavy atom. The summed E-state index contributed by atoms with van der Waals surface area (Å²) in [6.45, 7) is -3.03. The maximum atomic E-state index is 12.4. The molecule has 0 bridgehead atoms. The van der Waals surface area contributed by atoms with E-state index in [1.54, 1.807) is 15.0 Å². The highest BCUT2D eigenvalue weighted by Gasteiger charge is 2.54. The van der Waals surface area contributed by atoms with Crippen molar-refractivity contribution in [1.82, 2.24) is 38.2 Å². The molecule has 0 spiro atoms. The summed E-state index contributed by atoms with van der Waals surface area (Å²) in [5, 5.41) is 125. The van der Waals surface area contributed by atoms with E-state index < -0.39 is 251 Å². The number of aromatic nitrogens is 8. The van der Waals surface area contributed by atoms with E-state index in [-0.39, 0.29) is 0 Å². The Bertz CT molecular complexity index is 4440. The number of phosphoric ester groups is 1. The van der Waals surface area contributed by atoms with E-state index >= 15 is 0 Å². The lowest BCUT2D eigenvalue weighted by atomic mass is 10.1. The summed E-state index contributed by atoms with van der Waals surface area (Å²) in [5.74, 6) is -4.58. The molecule has 4 aromatic heterocycles. The minimum atomic E-state index is -5.76. The SMILES string of the molecule is O=c1[nH]c(=O)n([C@@H]2O[C@H](CO)C(O)[C@@H]2O)cc1O.O=c1[nH]c(=O)n([C@@H]2O[C@H](COP(=O)(Cl)Cl)C(O)[C@@H]2O)cc1O.O=c1[nH]c(=O)n([C@@H]2O[C@H](COP(=O)(O)OP(=O)(O)OP(=O)(O)O)C(O)[C@@H]2O)cc1O.O=c1[nH]c(=O)n([C@@H]2O[C@H](COP3(=O)CP(=O)(O)OP(=O)(O)O3)C(O)[C@@H]2O)cc1O. The Labute approximate surface area is 550 Å². The van der Waals surface area contributed by atoms with Crippen LogP contribution in [0.4, 0.5) is 0 Å². The Kier molecular flexibility index (Phi) is 26.8. The van der Waals surface area contributed by atoms with Crippen LogP contribution < -0.4 is 45.0 Å². The van der Waals surface area contributed by atoms with Crippen molar-refractivity contribution >= 4 is 75.0 Å². The molecule has 5 aliphatic heterocycles. The Hall–Kier alpha value is -4.93. The van der Waals surface area contributed by atoms with E-state index in [0.717, 1.165) is 17.0 Å². The molecule has 0 amide bonds.